The van der Waals surface area contributed by atoms with E-state index in [9.17, 15) is 0 Å². The van der Waals surface area contributed by atoms with Crippen LogP contribution in [0.2, 0.25) is 13.1 Å². The van der Waals surface area contributed by atoms with Crippen LogP contribution in [0, 0.1) is 0 Å². The molecule has 0 unspecified atom stereocenters. The zero-order valence-corrected chi connectivity index (χ0v) is 9.45. The molecule has 2 rings (SSSR count). The van der Waals surface area contributed by atoms with Gasteiger partial charge in [-0.3, -0.25) is 0 Å². The minimum atomic E-state index is -0.677. The maximum Gasteiger partial charge on any atom is 0.274 e. The van der Waals surface area contributed by atoms with Crippen LogP contribution >= 0.6 is 0 Å². The summed E-state index contributed by atoms with van der Waals surface area (Å²) in [5.74, 6) is 1.02. The van der Waals surface area contributed by atoms with Crippen LogP contribution in [-0.2, 0) is 0 Å². The molecule has 0 atom stereocenters. The molecule has 0 saturated heterocycles. The Morgan fingerprint density at radius 3 is 2.43 bits per heavy atom. The van der Waals surface area contributed by atoms with Crippen molar-refractivity contribution in [2.24, 2.45) is 0 Å². The van der Waals surface area contributed by atoms with Crippen molar-refractivity contribution in [1.82, 2.24) is 0 Å². The van der Waals surface area contributed by atoms with Gasteiger partial charge in [0, 0.05) is 5.39 Å². The van der Waals surface area contributed by atoms with E-state index in [1.54, 1.807) is 0 Å². The zero-order valence-electron chi connectivity index (χ0n) is 8.45. The first-order chi connectivity index (χ1) is 6.77. The molecule has 0 aliphatic rings. The van der Waals surface area contributed by atoms with Crippen molar-refractivity contribution in [3.63, 3.8) is 0 Å². The zero-order chi connectivity index (χ0) is 9.97. The van der Waals surface area contributed by atoms with E-state index < -0.39 is 9.04 Å². The molecule has 0 aliphatic heterocycles. The summed E-state index contributed by atoms with van der Waals surface area (Å²) in [6.07, 6.45) is 0. The van der Waals surface area contributed by atoms with E-state index in [0.29, 0.717) is 0 Å². The first-order valence-corrected chi connectivity index (χ1v) is 7.14. The van der Waals surface area contributed by atoms with Gasteiger partial charge >= 0.3 is 0 Å². The molecular formula is C12H13OSi. The van der Waals surface area contributed by atoms with Gasteiger partial charge in [0.15, 0.2) is 0 Å². The van der Waals surface area contributed by atoms with Gasteiger partial charge in [0.2, 0.25) is 0 Å². The molecular weight excluding hydrogens is 188 g/mol. The van der Waals surface area contributed by atoms with Gasteiger partial charge in [-0.1, -0.05) is 36.4 Å². The van der Waals surface area contributed by atoms with E-state index in [1.165, 1.54) is 10.8 Å². The van der Waals surface area contributed by atoms with E-state index in [4.69, 9.17) is 4.43 Å². The highest BCUT2D eigenvalue weighted by atomic mass is 28.3. The van der Waals surface area contributed by atoms with E-state index in [2.05, 4.69) is 37.4 Å². The summed E-state index contributed by atoms with van der Waals surface area (Å²) in [4.78, 5) is 0. The second kappa shape index (κ2) is 3.84. The predicted octanol–water partition coefficient (Wildman–Crippen LogP) is 3.47. The quantitative estimate of drug-likeness (QED) is 0.676. The van der Waals surface area contributed by atoms with Gasteiger partial charge in [-0.15, -0.1) is 0 Å². The maximum atomic E-state index is 5.83. The molecule has 0 fully saturated rings. The van der Waals surface area contributed by atoms with Gasteiger partial charge in [0.25, 0.3) is 9.04 Å². The summed E-state index contributed by atoms with van der Waals surface area (Å²) in [7, 11) is -0.677. The fourth-order valence-corrected chi connectivity index (χ4v) is 2.12. The van der Waals surface area contributed by atoms with Crippen LogP contribution < -0.4 is 4.43 Å². The topological polar surface area (TPSA) is 9.23 Å². The van der Waals surface area contributed by atoms with Gasteiger partial charge in [0.05, 0.1) is 0 Å². The Kier molecular flexibility index (Phi) is 2.55. The normalized spacial score (nSPS) is 10.8. The number of fused-ring (bicyclic) bond motifs is 1. The second-order valence-electron chi connectivity index (χ2n) is 3.49. The van der Waals surface area contributed by atoms with Gasteiger partial charge in [0.1, 0.15) is 5.75 Å². The summed E-state index contributed by atoms with van der Waals surface area (Å²) in [6, 6.07) is 14.5. The van der Waals surface area contributed by atoms with Crippen molar-refractivity contribution in [3.05, 3.63) is 42.5 Å². The molecule has 1 nitrogen and oxygen atoms in total. The van der Waals surface area contributed by atoms with Crippen molar-refractivity contribution in [3.8, 4) is 5.75 Å². The molecule has 2 heteroatoms. The SMILES string of the molecule is C[Si](C)Oc1cccc2ccccc12. The summed E-state index contributed by atoms with van der Waals surface area (Å²) < 4.78 is 5.83. The molecule has 0 saturated carbocycles. The molecule has 0 amide bonds. The molecule has 0 aliphatic carbocycles. The Morgan fingerprint density at radius 2 is 1.64 bits per heavy atom. The van der Waals surface area contributed by atoms with Crippen LogP contribution in [0.5, 0.6) is 5.75 Å². The Hall–Kier alpha value is -1.28. The first-order valence-electron chi connectivity index (χ1n) is 4.73. The fourth-order valence-electron chi connectivity index (χ4n) is 1.50. The molecule has 1 radical (unpaired) electrons. The molecule has 0 spiro atoms. The van der Waals surface area contributed by atoms with Crippen molar-refractivity contribution in [1.29, 1.82) is 0 Å². The van der Waals surface area contributed by atoms with Crippen LogP contribution in [0.25, 0.3) is 10.8 Å². The third-order valence-corrected chi connectivity index (χ3v) is 2.69. The van der Waals surface area contributed by atoms with Crippen molar-refractivity contribution >= 4 is 19.8 Å². The average Bonchev–Trinajstić information content (AvgIpc) is 2.18. The van der Waals surface area contributed by atoms with E-state index in [1.807, 2.05) is 18.2 Å². The summed E-state index contributed by atoms with van der Waals surface area (Å²) in [5, 5.41) is 2.45. The van der Waals surface area contributed by atoms with Gasteiger partial charge in [-0.2, -0.15) is 0 Å². The Labute approximate surface area is 86.1 Å². The van der Waals surface area contributed by atoms with E-state index >= 15 is 0 Å². The summed E-state index contributed by atoms with van der Waals surface area (Å²) in [6.45, 7) is 4.29. The van der Waals surface area contributed by atoms with Gasteiger partial charge < -0.3 is 4.43 Å². The lowest BCUT2D eigenvalue weighted by Gasteiger charge is -2.10. The lowest BCUT2D eigenvalue weighted by atomic mass is 10.1. The van der Waals surface area contributed by atoms with Crippen LogP contribution in [0.4, 0.5) is 0 Å². The van der Waals surface area contributed by atoms with Crippen LogP contribution in [0.15, 0.2) is 42.5 Å². The Bertz CT molecular complexity index is 432. The molecule has 71 valence electrons. The minimum Gasteiger partial charge on any atom is -0.542 e. The molecule has 2 aromatic carbocycles. The molecule has 2 aromatic rings. The van der Waals surface area contributed by atoms with Gasteiger partial charge in [-0.05, 0) is 24.5 Å². The third-order valence-electron chi connectivity index (χ3n) is 2.06. The number of rotatable bonds is 2. The monoisotopic (exact) mass is 201 g/mol. The second-order valence-corrected chi connectivity index (χ2v) is 5.51. The summed E-state index contributed by atoms with van der Waals surface area (Å²) in [5.41, 5.74) is 0. The summed E-state index contributed by atoms with van der Waals surface area (Å²) >= 11 is 0. The lowest BCUT2D eigenvalue weighted by molar-refractivity contribution is 0.587. The number of hydrogen-bond acceptors (Lipinski definition) is 1. The highest BCUT2D eigenvalue weighted by molar-refractivity contribution is 6.49. The molecule has 0 N–H and O–H groups in total. The third kappa shape index (κ3) is 1.80. The standard InChI is InChI=1S/C12H13OSi/c1-14(2)13-12-9-5-7-10-6-3-4-8-11(10)12/h3-9H,1-2H3. The fraction of sp³-hybridized carbons (Fsp3) is 0.167. The largest absolute Gasteiger partial charge is 0.542 e. The maximum absolute atomic E-state index is 5.83. The minimum absolute atomic E-state index is 0.677. The van der Waals surface area contributed by atoms with Crippen molar-refractivity contribution < 1.29 is 4.43 Å². The van der Waals surface area contributed by atoms with Gasteiger partial charge in [-0.25, -0.2) is 0 Å². The highest BCUT2D eigenvalue weighted by Gasteiger charge is 2.03. The molecule has 14 heavy (non-hydrogen) atoms. The first kappa shape index (κ1) is 9.28. The average molecular weight is 201 g/mol. The van der Waals surface area contributed by atoms with Crippen LogP contribution in [0.3, 0.4) is 0 Å². The predicted molar refractivity (Wildman–Crippen MR) is 62.1 cm³/mol. The van der Waals surface area contributed by atoms with E-state index in [0.717, 1.165) is 5.75 Å². The molecule has 0 bridgehead atoms. The van der Waals surface area contributed by atoms with Crippen molar-refractivity contribution in [2.75, 3.05) is 0 Å². The van der Waals surface area contributed by atoms with Crippen LogP contribution in [-0.4, -0.2) is 9.04 Å². The lowest BCUT2D eigenvalue weighted by Crippen LogP contribution is -2.11. The Morgan fingerprint density at radius 1 is 0.929 bits per heavy atom. The van der Waals surface area contributed by atoms with Crippen molar-refractivity contribution in [2.45, 2.75) is 13.1 Å². The smallest absolute Gasteiger partial charge is 0.274 e. The van der Waals surface area contributed by atoms with E-state index in [-0.39, 0.29) is 0 Å². The van der Waals surface area contributed by atoms with Crippen LogP contribution in [0.1, 0.15) is 0 Å². The number of hydrogen-bond donors (Lipinski definition) is 0. The highest BCUT2D eigenvalue weighted by Crippen LogP contribution is 2.25. The Balaban J connectivity index is 2.53. The molecule has 0 aromatic heterocycles. The number of benzene rings is 2. The molecule has 0 heterocycles.